The van der Waals surface area contributed by atoms with E-state index < -0.39 is 10.0 Å². The second-order valence-electron chi connectivity index (χ2n) is 5.96. The topological polar surface area (TPSA) is 66.9 Å². The summed E-state index contributed by atoms with van der Waals surface area (Å²) in [6, 6.07) is 13.5. The second-order valence-corrected chi connectivity index (χ2v) is 9.16. The molecule has 2 aromatic rings. The van der Waals surface area contributed by atoms with Crippen LogP contribution in [0.3, 0.4) is 0 Å². The first-order valence-corrected chi connectivity index (χ1v) is 10.9. The normalized spacial score (nSPS) is 15.6. The van der Waals surface area contributed by atoms with E-state index in [9.17, 15) is 13.2 Å². The summed E-state index contributed by atoms with van der Waals surface area (Å²) in [6.07, 6.45) is 0. The van der Waals surface area contributed by atoms with E-state index >= 15 is 0 Å². The van der Waals surface area contributed by atoms with Crippen molar-refractivity contribution in [2.24, 2.45) is 0 Å². The lowest BCUT2D eigenvalue weighted by atomic mass is 10.3. The number of nitrogens with zero attached hydrogens (tertiary/aromatic N) is 2. The van der Waals surface area contributed by atoms with Gasteiger partial charge in [-0.15, -0.1) is 0 Å². The molecule has 0 bridgehead atoms. The lowest BCUT2D eigenvalue weighted by Crippen LogP contribution is -2.51. The van der Waals surface area contributed by atoms with E-state index in [0.717, 1.165) is 0 Å². The Balaban J connectivity index is 1.56. The summed E-state index contributed by atoms with van der Waals surface area (Å²) in [5.74, 6) is 0.380. The summed E-state index contributed by atoms with van der Waals surface area (Å²) in [5, 5.41) is 0.594. The molecule has 0 aromatic heterocycles. The van der Waals surface area contributed by atoms with E-state index in [1.807, 2.05) is 0 Å². The van der Waals surface area contributed by atoms with Gasteiger partial charge in [-0.3, -0.25) is 4.79 Å². The summed E-state index contributed by atoms with van der Waals surface area (Å²) < 4.78 is 33.0. The zero-order chi connectivity index (χ0) is 19.4. The third kappa shape index (κ3) is 4.82. The Bertz CT molecular complexity index is 913. The largest absolute Gasteiger partial charge is 0.484 e. The maximum absolute atomic E-state index is 12.8. The number of benzene rings is 2. The van der Waals surface area contributed by atoms with Crippen LogP contribution in [0.1, 0.15) is 0 Å². The number of sulfonamides is 1. The minimum Gasteiger partial charge on any atom is -0.484 e. The van der Waals surface area contributed by atoms with Crippen molar-refractivity contribution in [3.63, 3.8) is 0 Å². The van der Waals surface area contributed by atoms with E-state index in [1.54, 1.807) is 53.4 Å². The zero-order valence-corrected chi connectivity index (χ0v) is 17.5. The lowest BCUT2D eigenvalue weighted by molar-refractivity contribution is -0.134. The SMILES string of the molecule is O=C(COc1ccc(Cl)cc1)N1CCN(S(=O)(=O)c2ccccc2Br)CC1. The molecule has 0 atom stereocenters. The molecule has 9 heteroatoms. The molecule has 0 saturated carbocycles. The molecule has 1 aliphatic rings. The van der Waals surface area contributed by atoms with E-state index in [0.29, 0.717) is 28.3 Å². The Hall–Kier alpha value is -1.61. The van der Waals surface area contributed by atoms with Crippen LogP contribution in [0.15, 0.2) is 57.9 Å². The Kier molecular flexibility index (Phi) is 6.41. The van der Waals surface area contributed by atoms with Crippen molar-refractivity contribution in [1.29, 1.82) is 0 Å². The number of carbonyl (C=O) groups excluding carboxylic acids is 1. The molecule has 1 saturated heterocycles. The third-order valence-electron chi connectivity index (χ3n) is 4.22. The average molecular weight is 474 g/mol. The Morgan fingerprint density at radius 2 is 1.67 bits per heavy atom. The molecule has 1 amide bonds. The predicted molar refractivity (Wildman–Crippen MR) is 106 cm³/mol. The highest BCUT2D eigenvalue weighted by Gasteiger charge is 2.31. The quantitative estimate of drug-likeness (QED) is 0.669. The molecule has 0 N–H and O–H groups in total. The first-order valence-electron chi connectivity index (χ1n) is 8.29. The van der Waals surface area contributed by atoms with Crippen LogP contribution in [0.25, 0.3) is 0 Å². The van der Waals surface area contributed by atoms with Gasteiger partial charge in [0.2, 0.25) is 10.0 Å². The molecule has 27 heavy (non-hydrogen) atoms. The molecule has 1 fully saturated rings. The molecule has 0 spiro atoms. The highest BCUT2D eigenvalue weighted by Crippen LogP contribution is 2.25. The van der Waals surface area contributed by atoms with E-state index in [4.69, 9.17) is 16.3 Å². The van der Waals surface area contributed by atoms with Gasteiger partial charge in [0.05, 0.1) is 4.90 Å². The number of piperazine rings is 1. The van der Waals surface area contributed by atoms with Crippen LogP contribution in [0.5, 0.6) is 5.75 Å². The van der Waals surface area contributed by atoms with Gasteiger partial charge in [0.1, 0.15) is 5.75 Å². The van der Waals surface area contributed by atoms with Crippen molar-refractivity contribution in [3.05, 3.63) is 58.0 Å². The summed E-state index contributed by atoms with van der Waals surface area (Å²) >= 11 is 9.10. The minimum absolute atomic E-state index is 0.0986. The second kappa shape index (κ2) is 8.60. The van der Waals surface area contributed by atoms with Gasteiger partial charge in [-0.1, -0.05) is 23.7 Å². The molecule has 6 nitrogen and oxygen atoms in total. The molecule has 3 rings (SSSR count). The monoisotopic (exact) mass is 472 g/mol. The van der Waals surface area contributed by atoms with Gasteiger partial charge < -0.3 is 9.64 Å². The number of amides is 1. The van der Waals surface area contributed by atoms with Crippen molar-refractivity contribution in [2.75, 3.05) is 32.8 Å². The highest BCUT2D eigenvalue weighted by atomic mass is 79.9. The smallest absolute Gasteiger partial charge is 0.260 e. The molecular formula is C18H18BrClN2O4S. The van der Waals surface area contributed by atoms with Gasteiger partial charge in [0, 0.05) is 35.7 Å². The van der Waals surface area contributed by atoms with Crippen molar-refractivity contribution >= 4 is 43.5 Å². The third-order valence-corrected chi connectivity index (χ3v) is 7.38. The molecular weight excluding hydrogens is 456 g/mol. The number of rotatable bonds is 5. The molecule has 144 valence electrons. The van der Waals surface area contributed by atoms with Crippen LogP contribution in [0.2, 0.25) is 5.02 Å². The maximum atomic E-state index is 12.8. The molecule has 1 heterocycles. The summed E-state index contributed by atoms with van der Waals surface area (Å²) in [6.45, 7) is 1.05. The van der Waals surface area contributed by atoms with Crippen molar-refractivity contribution < 1.29 is 17.9 Å². The summed E-state index contributed by atoms with van der Waals surface area (Å²) in [4.78, 5) is 14.2. The predicted octanol–water partition coefficient (Wildman–Crippen LogP) is 3.01. The molecule has 0 unspecified atom stereocenters. The number of hydrogen-bond acceptors (Lipinski definition) is 4. The highest BCUT2D eigenvalue weighted by molar-refractivity contribution is 9.10. The summed E-state index contributed by atoms with van der Waals surface area (Å²) in [7, 11) is -3.60. The zero-order valence-electron chi connectivity index (χ0n) is 14.3. The van der Waals surface area contributed by atoms with Crippen LogP contribution in [0, 0.1) is 0 Å². The number of carbonyl (C=O) groups is 1. The summed E-state index contributed by atoms with van der Waals surface area (Å²) in [5.41, 5.74) is 0. The Labute approximate surface area is 171 Å². The first kappa shape index (κ1) is 20.1. The van der Waals surface area contributed by atoms with Gasteiger partial charge in [-0.25, -0.2) is 8.42 Å². The number of ether oxygens (including phenoxy) is 1. The Morgan fingerprint density at radius 3 is 2.30 bits per heavy atom. The molecule has 0 aliphatic carbocycles. The number of halogens is 2. The van der Waals surface area contributed by atoms with Gasteiger partial charge >= 0.3 is 0 Å². The fourth-order valence-corrected chi connectivity index (χ4v) is 5.25. The molecule has 0 radical (unpaired) electrons. The maximum Gasteiger partial charge on any atom is 0.260 e. The van der Waals surface area contributed by atoms with E-state index in [-0.39, 0.29) is 30.5 Å². The molecule has 1 aliphatic heterocycles. The van der Waals surface area contributed by atoms with Crippen molar-refractivity contribution in [1.82, 2.24) is 9.21 Å². The van der Waals surface area contributed by atoms with Crippen LogP contribution >= 0.6 is 27.5 Å². The van der Waals surface area contributed by atoms with Gasteiger partial charge in [0.25, 0.3) is 5.91 Å². The Morgan fingerprint density at radius 1 is 1.04 bits per heavy atom. The fourth-order valence-electron chi connectivity index (χ4n) is 2.74. The van der Waals surface area contributed by atoms with Gasteiger partial charge in [-0.05, 0) is 52.3 Å². The standard InChI is InChI=1S/C18H18BrClN2O4S/c19-16-3-1-2-4-17(16)27(24,25)22-11-9-21(10-12-22)18(23)13-26-15-7-5-14(20)6-8-15/h1-8H,9-13H2. The van der Waals surface area contributed by atoms with Crippen LogP contribution in [-0.4, -0.2) is 56.3 Å². The van der Waals surface area contributed by atoms with Gasteiger partial charge in [-0.2, -0.15) is 4.31 Å². The number of hydrogen-bond donors (Lipinski definition) is 0. The molecule has 2 aromatic carbocycles. The van der Waals surface area contributed by atoms with Crippen molar-refractivity contribution in [3.8, 4) is 5.75 Å². The minimum atomic E-state index is -3.60. The van der Waals surface area contributed by atoms with Crippen LogP contribution < -0.4 is 4.74 Å². The van der Waals surface area contributed by atoms with Crippen LogP contribution in [0.4, 0.5) is 0 Å². The van der Waals surface area contributed by atoms with Crippen molar-refractivity contribution in [2.45, 2.75) is 4.90 Å². The average Bonchev–Trinajstić information content (AvgIpc) is 2.67. The first-order chi connectivity index (χ1) is 12.9. The van der Waals surface area contributed by atoms with Gasteiger partial charge in [0.15, 0.2) is 6.61 Å². The fraction of sp³-hybridized carbons (Fsp3) is 0.278. The van der Waals surface area contributed by atoms with Crippen LogP contribution in [-0.2, 0) is 14.8 Å². The van der Waals surface area contributed by atoms with E-state index in [2.05, 4.69) is 15.9 Å². The lowest BCUT2D eigenvalue weighted by Gasteiger charge is -2.34. The van der Waals surface area contributed by atoms with E-state index in [1.165, 1.54) is 4.31 Å².